The average Bonchev–Trinajstić information content (AvgIpc) is 3.28. The first-order valence-corrected chi connectivity index (χ1v) is 11.9. The van der Waals surface area contributed by atoms with Gasteiger partial charge in [-0.3, -0.25) is 4.79 Å². The van der Waals surface area contributed by atoms with Crippen molar-refractivity contribution in [1.82, 2.24) is 4.31 Å². The summed E-state index contributed by atoms with van der Waals surface area (Å²) in [6.45, 7) is 8.84. The zero-order chi connectivity index (χ0) is 22.8. The van der Waals surface area contributed by atoms with Gasteiger partial charge in [0.2, 0.25) is 15.8 Å². The van der Waals surface area contributed by atoms with Crippen molar-refractivity contribution < 1.29 is 22.7 Å². The van der Waals surface area contributed by atoms with E-state index < -0.39 is 22.1 Å². The van der Waals surface area contributed by atoms with Crippen LogP contribution in [0, 0.1) is 0 Å². The summed E-state index contributed by atoms with van der Waals surface area (Å²) in [7, 11) is -3.54. The minimum absolute atomic E-state index is 0.0198. The van der Waals surface area contributed by atoms with E-state index in [2.05, 4.69) is 20.8 Å². The van der Waals surface area contributed by atoms with Gasteiger partial charge in [-0.2, -0.15) is 4.31 Å². The summed E-state index contributed by atoms with van der Waals surface area (Å²) in [5, 5.41) is 0. The van der Waals surface area contributed by atoms with E-state index in [1.54, 1.807) is 12.1 Å². The largest absolute Gasteiger partial charge is 0.451 e. The number of carbonyl (C=O) groups excluding carboxylic acids is 2. The van der Waals surface area contributed by atoms with Gasteiger partial charge in [-0.25, -0.2) is 13.2 Å². The SMILES string of the molecule is C[C@H](OC(=O)c1ccc(S(=O)(=O)N2CCCC2)cc1)C(=O)c1ccc(C(C)(C)C)cc1. The van der Waals surface area contributed by atoms with Crippen molar-refractivity contribution in [1.29, 1.82) is 0 Å². The van der Waals surface area contributed by atoms with Gasteiger partial charge < -0.3 is 4.74 Å². The van der Waals surface area contributed by atoms with Crippen LogP contribution >= 0.6 is 0 Å². The molecule has 0 aromatic heterocycles. The molecule has 0 aliphatic carbocycles. The molecule has 1 aliphatic rings. The second kappa shape index (κ2) is 8.93. The molecule has 0 N–H and O–H groups in total. The number of rotatable bonds is 6. The van der Waals surface area contributed by atoms with E-state index in [-0.39, 0.29) is 21.7 Å². The van der Waals surface area contributed by atoms with Crippen LogP contribution in [0.2, 0.25) is 0 Å². The van der Waals surface area contributed by atoms with Crippen molar-refractivity contribution in [2.45, 2.75) is 57.0 Å². The lowest BCUT2D eigenvalue weighted by atomic mass is 9.86. The Balaban J connectivity index is 1.66. The predicted molar refractivity (Wildman–Crippen MR) is 119 cm³/mol. The van der Waals surface area contributed by atoms with Crippen molar-refractivity contribution >= 4 is 21.8 Å². The number of carbonyl (C=O) groups is 2. The van der Waals surface area contributed by atoms with E-state index >= 15 is 0 Å². The maximum atomic E-state index is 12.6. The summed E-state index contributed by atoms with van der Waals surface area (Å²) in [4.78, 5) is 25.2. The Morgan fingerprint density at radius 2 is 1.42 bits per heavy atom. The number of benzene rings is 2. The van der Waals surface area contributed by atoms with E-state index in [0.717, 1.165) is 18.4 Å². The van der Waals surface area contributed by atoms with E-state index in [9.17, 15) is 18.0 Å². The van der Waals surface area contributed by atoms with Crippen molar-refractivity contribution in [3.8, 4) is 0 Å². The van der Waals surface area contributed by atoms with Crippen molar-refractivity contribution in [2.75, 3.05) is 13.1 Å². The summed E-state index contributed by atoms with van der Waals surface area (Å²) in [6, 6.07) is 12.9. The third kappa shape index (κ3) is 5.22. The molecular formula is C24H29NO5S. The van der Waals surface area contributed by atoms with Gasteiger partial charge in [0.1, 0.15) is 0 Å². The molecule has 0 spiro atoms. The highest BCUT2D eigenvalue weighted by Crippen LogP contribution is 2.23. The molecule has 1 saturated heterocycles. The molecule has 166 valence electrons. The fourth-order valence-corrected chi connectivity index (χ4v) is 5.01. The smallest absolute Gasteiger partial charge is 0.338 e. The van der Waals surface area contributed by atoms with Gasteiger partial charge in [0.05, 0.1) is 10.5 Å². The molecule has 2 aromatic carbocycles. The average molecular weight is 444 g/mol. The second-order valence-corrected chi connectivity index (χ2v) is 10.8. The maximum Gasteiger partial charge on any atom is 0.338 e. The third-order valence-electron chi connectivity index (χ3n) is 5.48. The first-order chi connectivity index (χ1) is 14.5. The zero-order valence-electron chi connectivity index (χ0n) is 18.4. The molecule has 2 aromatic rings. The van der Waals surface area contributed by atoms with Crippen LogP contribution in [0.3, 0.4) is 0 Å². The van der Waals surface area contributed by atoms with Crippen LogP contribution in [0.25, 0.3) is 0 Å². The van der Waals surface area contributed by atoms with Crippen LogP contribution in [0.1, 0.15) is 66.8 Å². The van der Waals surface area contributed by atoms with Crippen molar-refractivity contribution in [2.24, 2.45) is 0 Å². The molecule has 0 bridgehead atoms. The van der Waals surface area contributed by atoms with Crippen LogP contribution in [-0.4, -0.2) is 43.7 Å². The predicted octanol–water partition coefficient (Wildman–Crippen LogP) is 4.20. The molecule has 1 atom stereocenters. The Bertz CT molecular complexity index is 1040. The highest BCUT2D eigenvalue weighted by atomic mass is 32.2. The number of hydrogen-bond acceptors (Lipinski definition) is 5. The van der Waals surface area contributed by atoms with Crippen LogP contribution in [-0.2, 0) is 20.2 Å². The van der Waals surface area contributed by atoms with Crippen LogP contribution in [0.15, 0.2) is 53.4 Å². The highest BCUT2D eigenvalue weighted by molar-refractivity contribution is 7.89. The number of ketones is 1. The summed E-state index contributed by atoms with van der Waals surface area (Å²) in [6.07, 6.45) is 0.754. The molecule has 1 fully saturated rings. The maximum absolute atomic E-state index is 12.6. The molecule has 0 amide bonds. The molecule has 1 heterocycles. The number of Topliss-reactive ketones (excluding diaryl/α,β-unsaturated/α-hetero) is 1. The minimum Gasteiger partial charge on any atom is -0.451 e. The molecule has 0 unspecified atom stereocenters. The van der Waals surface area contributed by atoms with E-state index in [1.165, 1.54) is 35.5 Å². The lowest BCUT2D eigenvalue weighted by Crippen LogP contribution is -2.28. The minimum atomic E-state index is -3.54. The van der Waals surface area contributed by atoms with Gasteiger partial charge in [-0.15, -0.1) is 0 Å². The van der Waals surface area contributed by atoms with Gasteiger partial charge in [0.15, 0.2) is 6.10 Å². The molecule has 6 nitrogen and oxygen atoms in total. The van der Waals surface area contributed by atoms with Crippen LogP contribution in [0.5, 0.6) is 0 Å². The normalized spacial score (nSPS) is 16.1. The number of ether oxygens (including phenoxy) is 1. The van der Waals surface area contributed by atoms with Gasteiger partial charge in [-0.05, 0) is 55.0 Å². The van der Waals surface area contributed by atoms with Gasteiger partial charge >= 0.3 is 5.97 Å². The first-order valence-electron chi connectivity index (χ1n) is 10.5. The number of sulfonamides is 1. The molecule has 1 aliphatic heterocycles. The molecule has 7 heteroatoms. The summed E-state index contributed by atoms with van der Waals surface area (Å²) in [5.41, 5.74) is 1.76. The Kier molecular flexibility index (Phi) is 6.67. The van der Waals surface area contributed by atoms with E-state index in [1.807, 2.05) is 12.1 Å². The van der Waals surface area contributed by atoms with Gasteiger partial charge in [0.25, 0.3) is 0 Å². The van der Waals surface area contributed by atoms with Crippen molar-refractivity contribution in [3.63, 3.8) is 0 Å². The number of nitrogens with zero attached hydrogens (tertiary/aromatic N) is 1. The summed E-state index contributed by atoms with van der Waals surface area (Å²) >= 11 is 0. The topological polar surface area (TPSA) is 80.8 Å². The van der Waals surface area contributed by atoms with Crippen LogP contribution < -0.4 is 0 Å². The quantitative estimate of drug-likeness (QED) is 0.494. The standard InChI is InChI=1S/C24H29NO5S/c1-17(22(26)18-7-11-20(12-8-18)24(2,3)4)30-23(27)19-9-13-21(14-10-19)31(28,29)25-15-5-6-16-25/h7-14,17H,5-6,15-16H2,1-4H3/t17-/m0/s1. The van der Waals surface area contributed by atoms with Gasteiger partial charge in [-0.1, -0.05) is 45.0 Å². The second-order valence-electron chi connectivity index (χ2n) is 8.87. The monoisotopic (exact) mass is 443 g/mol. The fourth-order valence-electron chi connectivity index (χ4n) is 3.49. The summed E-state index contributed by atoms with van der Waals surface area (Å²) in [5.74, 6) is -0.959. The Morgan fingerprint density at radius 1 is 0.903 bits per heavy atom. The Labute approximate surface area is 184 Å². The van der Waals surface area contributed by atoms with Crippen LogP contribution in [0.4, 0.5) is 0 Å². The number of esters is 1. The van der Waals surface area contributed by atoms with E-state index in [0.29, 0.717) is 18.7 Å². The Morgan fingerprint density at radius 3 is 1.94 bits per heavy atom. The molecule has 3 rings (SSSR count). The summed E-state index contributed by atoms with van der Waals surface area (Å²) < 4.78 is 32.0. The lowest BCUT2D eigenvalue weighted by molar-refractivity contribution is 0.0318. The molecule has 0 radical (unpaired) electrons. The third-order valence-corrected chi connectivity index (χ3v) is 7.39. The first kappa shape index (κ1) is 23.2. The lowest BCUT2D eigenvalue weighted by Gasteiger charge is -2.19. The number of hydrogen-bond donors (Lipinski definition) is 0. The van der Waals surface area contributed by atoms with E-state index in [4.69, 9.17) is 4.74 Å². The highest BCUT2D eigenvalue weighted by Gasteiger charge is 2.27. The molecule has 0 saturated carbocycles. The van der Waals surface area contributed by atoms with Gasteiger partial charge in [0, 0.05) is 18.7 Å². The fraction of sp³-hybridized carbons (Fsp3) is 0.417. The Hall–Kier alpha value is -2.51. The van der Waals surface area contributed by atoms with Crippen molar-refractivity contribution in [3.05, 3.63) is 65.2 Å². The molecule has 31 heavy (non-hydrogen) atoms. The zero-order valence-corrected chi connectivity index (χ0v) is 19.2. The molecular weight excluding hydrogens is 414 g/mol.